The Morgan fingerprint density at radius 3 is 2.25 bits per heavy atom. The zero-order valence-corrected chi connectivity index (χ0v) is 19.8. The van der Waals surface area contributed by atoms with Crippen LogP contribution in [0.3, 0.4) is 0 Å². The van der Waals surface area contributed by atoms with Gasteiger partial charge in [0.15, 0.2) is 17.5 Å². The highest BCUT2D eigenvalue weighted by molar-refractivity contribution is 5.83. The van der Waals surface area contributed by atoms with Gasteiger partial charge in [-0.2, -0.15) is 0 Å². The van der Waals surface area contributed by atoms with Crippen LogP contribution in [0.5, 0.6) is 0 Å². The maximum atomic E-state index is 13.4. The summed E-state index contributed by atoms with van der Waals surface area (Å²) in [6, 6.07) is 7.23. The second-order valence-electron chi connectivity index (χ2n) is 9.66. The van der Waals surface area contributed by atoms with E-state index in [4.69, 9.17) is 9.84 Å². The van der Waals surface area contributed by atoms with Gasteiger partial charge in [-0.1, -0.05) is 18.2 Å². The quantitative estimate of drug-likeness (QED) is 0.539. The van der Waals surface area contributed by atoms with Gasteiger partial charge in [-0.25, -0.2) is 18.0 Å². The van der Waals surface area contributed by atoms with Crippen molar-refractivity contribution in [3.8, 4) is 0 Å². The number of carboxylic acid groups (broad SMARTS) is 1. The summed E-state index contributed by atoms with van der Waals surface area (Å²) in [5.41, 5.74) is 2.83. The van der Waals surface area contributed by atoms with Crippen LogP contribution in [0.1, 0.15) is 54.4 Å². The molecule has 0 radical (unpaired) electrons. The number of halogens is 3. The third-order valence-corrected chi connectivity index (χ3v) is 6.91. The van der Waals surface area contributed by atoms with E-state index in [9.17, 15) is 27.6 Å². The molecule has 36 heavy (non-hydrogen) atoms. The Hall–Kier alpha value is -3.36. The standard InChI is InChI=1S/C27H28F3NO5/c28-23-12-18(13-24(29)26(23)30)11-21(32)10-17-1-4-20-15-31(8-7-19(20)9-17)27(35)36-22-5-2-16(3-6-22)14-25(33)34/h1,4,9,12-13,16,22H,2-3,5-8,10-11,14-15H2,(H,33,34). The fourth-order valence-electron chi connectivity index (χ4n) is 5.02. The van der Waals surface area contributed by atoms with Crippen molar-refractivity contribution in [2.24, 2.45) is 5.92 Å². The number of aliphatic carboxylic acids is 1. The van der Waals surface area contributed by atoms with Crippen molar-refractivity contribution in [3.63, 3.8) is 0 Å². The molecule has 9 heteroatoms. The maximum Gasteiger partial charge on any atom is 0.410 e. The summed E-state index contributed by atoms with van der Waals surface area (Å²) in [7, 11) is 0. The SMILES string of the molecule is O=C(O)CC1CCC(OC(=O)N2CCc3cc(CC(=O)Cc4cc(F)c(F)c(F)c4)ccc3C2)CC1. The average molecular weight is 504 g/mol. The van der Waals surface area contributed by atoms with Gasteiger partial charge in [-0.15, -0.1) is 0 Å². The molecule has 0 spiro atoms. The van der Waals surface area contributed by atoms with E-state index in [0.29, 0.717) is 32.4 Å². The zero-order valence-electron chi connectivity index (χ0n) is 19.8. The number of rotatable bonds is 7. The molecule has 0 bridgehead atoms. The first-order chi connectivity index (χ1) is 17.2. The predicted molar refractivity (Wildman–Crippen MR) is 124 cm³/mol. The second-order valence-corrected chi connectivity index (χ2v) is 9.66. The minimum atomic E-state index is -1.55. The number of fused-ring (bicyclic) bond motifs is 1. The van der Waals surface area contributed by atoms with Gasteiger partial charge in [0, 0.05) is 32.4 Å². The molecule has 0 atom stereocenters. The Bertz CT molecular complexity index is 1140. The Morgan fingerprint density at radius 1 is 0.917 bits per heavy atom. The summed E-state index contributed by atoms with van der Waals surface area (Å²) in [6.07, 6.45) is 2.87. The lowest BCUT2D eigenvalue weighted by atomic mass is 9.85. The molecule has 1 amide bonds. The van der Waals surface area contributed by atoms with Crippen LogP contribution in [0.4, 0.5) is 18.0 Å². The van der Waals surface area contributed by atoms with Crippen LogP contribution >= 0.6 is 0 Å². The van der Waals surface area contributed by atoms with E-state index in [0.717, 1.165) is 41.7 Å². The second kappa shape index (κ2) is 11.1. The summed E-state index contributed by atoms with van der Waals surface area (Å²) in [4.78, 5) is 37.6. The Balaban J connectivity index is 1.28. The number of hydrogen-bond acceptors (Lipinski definition) is 4. The number of nitrogens with zero attached hydrogens (tertiary/aromatic N) is 1. The first-order valence-corrected chi connectivity index (χ1v) is 12.1. The number of Topliss-reactive ketones (excluding diaryl/α,β-unsaturated/α-hetero) is 1. The number of hydrogen-bond donors (Lipinski definition) is 1. The van der Waals surface area contributed by atoms with Crippen LogP contribution in [0.2, 0.25) is 0 Å². The Labute approximate surface area is 207 Å². The molecule has 4 rings (SSSR count). The number of ketones is 1. The lowest BCUT2D eigenvalue weighted by molar-refractivity contribution is -0.138. The normalized spacial score (nSPS) is 19.5. The van der Waals surface area contributed by atoms with Crippen LogP contribution in [0, 0.1) is 23.4 Å². The molecule has 2 aromatic rings. The zero-order chi connectivity index (χ0) is 25.8. The van der Waals surface area contributed by atoms with Gasteiger partial charge in [-0.3, -0.25) is 9.59 Å². The molecule has 0 saturated heterocycles. The monoisotopic (exact) mass is 503 g/mol. The highest BCUT2D eigenvalue weighted by Crippen LogP contribution is 2.29. The highest BCUT2D eigenvalue weighted by Gasteiger charge is 2.28. The molecule has 2 aliphatic rings. The number of benzene rings is 2. The number of carbonyl (C=O) groups excluding carboxylic acids is 2. The first-order valence-electron chi connectivity index (χ1n) is 12.1. The van der Waals surface area contributed by atoms with E-state index in [1.807, 2.05) is 12.1 Å². The van der Waals surface area contributed by atoms with Gasteiger partial charge in [-0.05, 0) is 72.4 Å². The molecular formula is C27H28F3NO5. The van der Waals surface area contributed by atoms with Crippen molar-refractivity contribution >= 4 is 17.8 Å². The summed E-state index contributed by atoms with van der Waals surface area (Å²) < 4.78 is 45.6. The number of ether oxygens (including phenoxy) is 1. The number of carboxylic acids is 1. The lowest BCUT2D eigenvalue weighted by Crippen LogP contribution is -2.39. The highest BCUT2D eigenvalue weighted by atomic mass is 19.2. The molecule has 1 aliphatic carbocycles. The molecule has 1 aliphatic heterocycles. The molecule has 1 fully saturated rings. The lowest BCUT2D eigenvalue weighted by Gasteiger charge is -2.32. The fourth-order valence-corrected chi connectivity index (χ4v) is 5.02. The molecule has 192 valence electrons. The third-order valence-electron chi connectivity index (χ3n) is 6.91. The van der Waals surface area contributed by atoms with Crippen LogP contribution in [-0.4, -0.2) is 40.5 Å². The van der Waals surface area contributed by atoms with E-state index >= 15 is 0 Å². The van der Waals surface area contributed by atoms with E-state index in [-0.39, 0.29) is 48.7 Å². The molecule has 1 saturated carbocycles. The van der Waals surface area contributed by atoms with Crippen molar-refractivity contribution in [2.45, 2.75) is 64.0 Å². The van der Waals surface area contributed by atoms with E-state index in [1.165, 1.54) is 0 Å². The van der Waals surface area contributed by atoms with E-state index in [2.05, 4.69) is 0 Å². The first kappa shape index (κ1) is 25.7. The van der Waals surface area contributed by atoms with Crippen molar-refractivity contribution < 1.29 is 37.4 Å². The van der Waals surface area contributed by atoms with Crippen molar-refractivity contribution in [1.29, 1.82) is 0 Å². The summed E-state index contributed by atoms with van der Waals surface area (Å²) in [6.45, 7) is 0.872. The van der Waals surface area contributed by atoms with Crippen LogP contribution < -0.4 is 0 Å². The largest absolute Gasteiger partial charge is 0.481 e. The molecule has 1 heterocycles. The summed E-state index contributed by atoms with van der Waals surface area (Å²) >= 11 is 0. The molecule has 1 N–H and O–H groups in total. The van der Waals surface area contributed by atoms with Gasteiger partial charge in [0.05, 0.1) is 0 Å². The predicted octanol–water partition coefficient (Wildman–Crippen LogP) is 4.99. The molecule has 0 unspecified atom stereocenters. The Kier molecular flexibility index (Phi) is 7.96. The average Bonchev–Trinajstić information content (AvgIpc) is 2.83. The smallest absolute Gasteiger partial charge is 0.410 e. The topological polar surface area (TPSA) is 83.9 Å². The van der Waals surface area contributed by atoms with Gasteiger partial charge < -0.3 is 14.7 Å². The molecular weight excluding hydrogens is 475 g/mol. The Morgan fingerprint density at radius 2 is 1.58 bits per heavy atom. The molecule has 0 aromatic heterocycles. The summed E-state index contributed by atoms with van der Waals surface area (Å²) in [5.74, 6) is -5.10. The van der Waals surface area contributed by atoms with Crippen LogP contribution in [0.25, 0.3) is 0 Å². The summed E-state index contributed by atoms with van der Waals surface area (Å²) in [5, 5.41) is 8.93. The van der Waals surface area contributed by atoms with Gasteiger partial charge >= 0.3 is 12.1 Å². The maximum absolute atomic E-state index is 13.4. The van der Waals surface area contributed by atoms with Crippen molar-refractivity contribution in [2.75, 3.05) is 6.54 Å². The third kappa shape index (κ3) is 6.44. The van der Waals surface area contributed by atoms with Gasteiger partial charge in [0.25, 0.3) is 0 Å². The van der Waals surface area contributed by atoms with Crippen LogP contribution in [0.15, 0.2) is 30.3 Å². The van der Waals surface area contributed by atoms with Gasteiger partial charge in [0.2, 0.25) is 0 Å². The number of amides is 1. The molecule has 6 nitrogen and oxygen atoms in total. The number of carbonyl (C=O) groups is 3. The molecule has 2 aromatic carbocycles. The van der Waals surface area contributed by atoms with Crippen molar-refractivity contribution in [3.05, 3.63) is 70.0 Å². The fraction of sp³-hybridized carbons (Fsp3) is 0.444. The van der Waals surface area contributed by atoms with Crippen LogP contribution in [-0.2, 0) is 40.1 Å². The van der Waals surface area contributed by atoms with E-state index < -0.39 is 23.4 Å². The minimum absolute atomic E-state index is 0.0736. The minimum Gasteiger partial charge on any atom is -0.481 e. The van der Waals surface area contributed by atoms with E-state index in [1.54, 1.807) is 11.0 Å². The van der Waals surface area contributed by atoms with Crippen molar-refractivity contribution in [1.82, 2.24) is 4.90 Å². The van der Waals surface area contributed by atoms with Gasteiger partial charge in [0.1, 0.15) is 11.9 Å².